The number of nitriles is 2. The molecule has 0 aliphatic rings. The third-order valence-corrected chi connectivity index (χ3v) is 2.48. The van der Waals surface area contributed by atoms with Gasteiger partial charge in [-0.15, -0.1) is 0 Å². The molecule has 0 aliphatic heterocycles. The zero-order valence-corrected chi connectivity index (χ0v) is 10.3. The molecule has 1 aromatic heterocycles. The van der Waals surface area contributed by atoms with Gasteiger partial charge >= 0.3 is 0 Å². The van der Waals surface area contributed by atoms with E-state index in [1.54, 1.807) is 53.6 Å². The number of aromatic nitrogens is 2. The second kappa shape index (κ2) is 5.67. The highest BCUT2D eigenvalue weighted by molar-refractivity contribution is 6.31. The van der Waals surface area contributed by atoms with Crippen LogP contribution in [0.1, 0.15) is 0 Å². The summed E-state index contributed by atoms with van der Waals surface area (Å²) in [5.74, 6) is 0. The highest BCUT2D eigenvalue weighted by Gasteiger charge is 2.05. The van der Waals surface area contributed by atoms with Crippen molar-refractivity contribution >= 4 is 23.0 Å². The Morgan fingerprint density at radius 1 is 1.37 bits per heavy atom. The number of rotatable bonds is 3. The first-order valence-corrected chi connectivity index (χ1v) is 5.54. The van der Waals surface area contributed by atoms with Crippen LogP contribution in [0.3, 0.4) is 0 Å². The van der Waals surface area contributed by atoms with Crippen molar-refractivity contribution in [2.24, 2.45) is 5.10 Å². The van der Waals surface area contributed by atoms with Gasteiger partial charge in [0.25, 0.3) is 0 Å². The van der Waals surface area contributed by atoms with Crippen LogP contribution >= 0.6 is 11.6 Å². The molecule has 0 unspecified atom stereocenters. The monoisotopic (exact) mass is 270 g/mol. The van der Waals surface area contributed by atoms with Crippen molar-refractivity contribution < 1.29 is 0 Å². The predicted molar refractivity (Wildman–Crippen MR) is 70.9 cm³/mol. The summed E-state index contributed by atoms with van der Waals surface area (Å²) in [5, 5.41) is 21.5. The van der Waals surface area contributed by atoms with Crippen molar-refractivity contribution in [2.45, 2.75) is 0 Å². The molecule has 0 fully saturated rings. The number of nitrogens with zero attached hydrogens (tertiary/aromatic N) is 5. The summed E-state index contributed by atoms with van der Waals surface area (Å²) < 4.78 is 1.76. The minimum atomic E-state index is -0.267. The Bertz CT molecular complexity index is 674. The molecule has 6 nitrogen and oxygen atoms in total. The summed E-state index contributed by atoms with van der Waals surface area (Å²) in [6.45, 7) is 0. The second-order valence-corrected chi connectivity index (χ2v) is 3.86. The second-order valence-electron chi connectivity index (χ2n) is 3.43. The highest BCUT2D eigenvalue weighted by Crippen LogP contribution is 2.24. The summed E-state index contributed by atoms with van der Waals surface area (Å²) >= 11 is 5.92. The third-order valence-electron chi connectivity index (χ3n) is 2.24. The van der Waals surface area contributed by atoms with Crippen LogP contribution in [-0.4, -0.2) is 15.3 Å². The standard InChI is InChI=1S/C12H7ClN6/c13-9-1-2-12(19-4-3-16-8-19)11(5-9)18-17-10(6-14)7-15/h1-5,8,18H. The zero-order chi connectivity index (χ0) is 13.7. The number of hydrogen-bond donors (Lipinski definition) is 1. The molecular formula is C12H7ClN6. The van der Waals surface area contributed by atoms with Crippen molar-refractivity contribution in [1.82, 2.24) is 9.55 Å². The van der Waals surface area contributed by atoms with Crippen LogP contribution in [0, 0.1) is 22.7 Å². The van der Waals surface area contributed by atoms with Crippen LogP contribution in [0.5, 0.6) is 0 Å². The Labute approximate surface area is 114 Å². The van der Waals surface area contributed by atoms with Crippen molar-refractivity contribution in [1.29, 1.82) is 10.5 Å². The molecule has 0 bridgehead atoms. The van der Waals surface area contributed by atoms with E-state index >= 15 is 0 Å². The van der Waals surface area contributed by atoms with Gasteiger partial charge in [-0.3, -0.25) is 5.43 Å². The van der Waals surface area contributed by atoms with Crippen molar-refractivity contribution in [3.63, 3.8) is 0 Å². The molecule has 92 valence electrons. The molecular weight excluding hydrogens is 264 g/mol. The van der Waals surface area contributed by atoms with Gasteiger partial charge in [-0.2, -0.15) is 15.6 Å². The first-order chi connectivity index (χ1) is 9.24. The van der Waals surface area contributed by atoms with E-state index in [2.05, 4.69) is 15.5 Å². The molecule has 2 rings (SSSR count). The van der Waals surface area contributed by atoms with Gasteiger partial charge in [-0.25, -0.2) is 4.98 Å². The Morgan fingerprint density at radius 2 is 2.16 bits per heavy atom. The minimum Gasteiger partial charge on any atom is -0.304 e. The van der Waals surface area contributed by atoms with E-state index in [1.165, 1.54) is 0 Å². The van der Waals surface area contributed by atoms with Crippen LogP contribution in [0.2, 0.25) is 5.02 Å². The van der Waals surface area contributed by atoms with Gasteiger partial charge in [0, 0.05) is 17.4 Å². The summed E-state index contributed by atoms with van der Waals surface area (Å²) in [7, 11) is 0. The average molecular weight is 271 g/mol. The molecule has 7 heteroatoms. The van der Waals surface area contributed by atoms with Crippen LogP contribution in [0.15, 0.2) is 42.0 Å². The summed E-state index contributed by atoms with van der Waals surface area (Å²) in [6.07, 6.45) is 5.01. The lowest BCUT2D eigenvalue weighted by atomic mass is 10.2. The lowest BCUT2D eigenvalue weighted by molar-refractivity contribution is 1.05. The Balaban J connectivity index is 2.40. The molecule has 0 atom stereocenters. The fraction of sp³-hybridized carbons (Fsp3) is 0. The van der Waals surface area contributed by atoms with E-state index in [0.717, 1.165) is 5.69 Å². The number of imidazole rings is 1. The number of nitrogens with one attached hydrogen (secondary N) is 1. The molecule has 2 aromatic rings. The number of hydrogen-bond acceptors (Lipinski definition) is 5. The van der Waals surface area contributed by atoms with E-state index < -0.39 is 0 Å². The van der Waals surface area contributed by atoms with E-state index in [4.69, 9.17) is 22.1 Å². The maximum absolute atomic E-state index is 8.63. The Morgan fingerprint density at radius 3 is 2.79 bits per heavy atom. The maximum Gasteiger partial charge on any atom is 0.237 e. The van der Waals surface area contributed by atoms with E-state index in [0.29, 0.717) is 10.7 Å². The topological polar surface area (TPSA) is 89.8 Å². The first kappa shape index (κ1) is 12.6. The van der Waals surface area contributed by atoms with E-state index in [-0.39, 0.29) is 5.71 Å². The Kier molecular flexibility index (Phi) is 3.77. The van der Waals surface area contributed by atoms with Gasteiger partial charge in [-0.05, 0) is 18.2 Å². The van der Waals surface area contributed by atoms with Crippen LogP contribution in [0.4, 0.5) is 5.69 Å². The predicted octanol–water partition coefficient (Wildman–Crippen LogP) is 2.34. The third kappa shape index (κ3) is 2.89. The fourth-order valence-electron chi connectivity index (χ4n) is 1.42. The van der Waals surface area contributed by atoms with Crippen LogP contribution in [0.25, 0.3) is 5.69 Å². The van der Waals surface area contributed by atoms with E-state index in [1.807, 2.05) is 0 Å². The van der Waals surface area contributed by atoms with Crippen molar-refractivity contribution in [3.8, 4) is 17.8 Å². The minimum absolute atomic E-state index is 0.267. The maximum atomic E-state index is 8.63. The molecule has 1 heterocycles. The molecule has 1 aromatic carbocycles. The van der Waals surface area contributed by atoms with E-state index in [9.17, 15) is 0 Å². The molecule has 0 saturated carbocycles. The van der Waals surface area contributed by atoms with Gasteiger partial charge < -0.3 is 4.57 Å². The SMILES string of the molecule is N#CC(C#N)=NNc1cc(Cl)ccc1-n1ccnc1. The largest absolute Gasteiger partial charge is 0.304 e. The lowest BCUT2D eigenvalue weighted by Gasteiger charge is -2.09. The molecule has 19 heavy (non-hydrogen) atoms. The molecule has 0 aliphatic carbocycles. The zero-order valence-electron chi connectivity index (χ0n) is 9.58. The highest BCUT2D eigenvalue weighted by atomic mass is 35.5. The van der Waals surface area contributed by atoms with Crippen molar-refractivity contribution in [3.05, 3.63) is 41.9 Å². The Hall–Kier alpha value is -2.83. The van der Waals surface area contributed by atoms with Gasteiger partial charge in [0.2, 0.25) is 5.71 Å². The number of benzene rings is 1. The smallest absolute Gasteiger partial charge is 0.237 e. The summed E-state index contributed by atoms with van der Waals surface area (Å²) in [6, 6.07) is 8.48. The average Bonchev–Trinajstić information content (AvgIpc) is 2.94. The number of halogens is 1. The van der Waals surface area contributed by atoms with Crippen LogP contribution in [-0.2, 0) is 0 Å². The number of anilines is 1. The van der Waals surface area contributed by atoms with Gasteiger partial charge in [0.1, 0.15) is 12.1 Å². The normalized spacial score (nSPS) is 9.21. The molecule has 0 spiro atoms. The number of hydrazone groups is 1. The van der Waals surface area contributed by atoms with Crippen LogP contribution < -0.4 is 5.43 Å². The van der Waals surface area contributed by atoms with Gasteiger partial charge in [0.05, 0.1) is 17.7 Å². The van der Waals surface area contributed by atoms with Gasteiger partial charge in [0.15, 0.2) is 0 Å². The molecule has 1 N–H and O–H groups in total. The summed E-state index contributed by atoms with van der Waals surface area (Å²) in [4.78, 5) is 3.95. The fourth-order valence-corrected chi connectivity index (χ4v) is 1.59. The summed E-state index contributed by atoms with van der Waals surface area (Å²) in [5.41, 5.74) is 3.70. The van der Waals surface area contributed by atoms with Gasteiger partial charge in [-0.1, -0.05) is 11.6 Å². The molecule has 0 saturated heterocycles. The molecule has 0 amide bonds. The molecule has 0 radical (unpaired) electrons. The first-order valence-electron chi connectivity index (χ1n) is 5.16. The quantitative estimate of drug-likeness (QED) is 0.685. The van der Waals surface area contributed by atoms with Crippen molar-refractivity contribution in [2.75, 3.05) is 5.43 Å². The lowest BCUT2D eigenvalue weighted by Crippen LogP contribution is -2.01.